The third-order valence-corrected chi connectivity index (χ3v) is 3.46. The fourth-order valence-corrected chi connectivity index (χ4v) is 1.63. The van der Waals surface area contributed by atoms with Crippen LogP contribution in [0.5, 0.6) is 0 Å². The highest BCUT2D eigenvalue weighted by molar-refractivity contribution is 6.76. The molecule has 0 spiro atoms. The topological polar surface area (TPSA) is 35.5 Å². The standard InChI is InChI=1S/C10H22O3Si/c1-5-13-10(11)6-7-12-8-9-14(2,3)4/h5-9H2,1-4H3. The molecule has 14 heavy (non-hydrogen) atoms. The van der Waals surface area contributed by atoms with E-state index in [0.29, 0.717) is 19.6 Å². The molecule has 0 aliphatic carbocycles. The average Bonchev–Trinajstić information content (AvgIpc) is 2.02. The molecule has 0 heterocycles. The van der Waals surface area contributed by atoms with Crippen LogP contribution in [0.3, 0.4) is 0 Å². The van der Waals surface area contributed by atoms with Crippen LogP contribution in [0.2, 0.25) is 25.7 Å². The largest absolute Gasteiger partial charge is 0.466 e. The second-order valence-electron chi connectivity index (χ2n) is 4.48. The highest BCUT2D eigenvalue weighted by Crippen LogP contribution is 2.07. The minimum atomic E-state index is -0.991. The van der Waals surface area contributed by atoms with Crippen LogP contribution in [0.25, 0.3) is 0 Å². The van der Waals surface area contributed by atoms with Crippen molar-refractivity contribution in [1.82, 2.24) is 0 Å². The zero-order valence-corrected chi connectivity index (χ0v) is 10.8. The average molecular weight is 218 g/mol. The molecule has 0 N–H and O–H groups in total. The summed E-state index contributed by atoms with van der Waals surface area (Å²) in [6, 6.07) is 1.15. The maximum Gasteiger partial charge on any atom is 0.308 e. The molecule has 84 valence electrons. The molecule has 4 heteroatoms. The van der Waals surface area contributed by atoms with Crippen LogP contribution >= 0.6 is 0 Å². The Labute approximate surface area is 87.8 Å². The lowest BCUT2D eigenvalue weighted by Crippen LogP contribution is -2.22. The SMILES string of the molecule is CCOC(=O)CCOCC[Si](C)(C)C. The maximum atomic E-state index is 10.9. The van der Waals surface area contributed by atoms with Gasteiger partial charge in [0.1, 0.15) is 0 Å². The van der Waals surface area contributed by atoms with E-state index in [0.717, 1.165) is 12.7 Å². The van der Waals surface area contributed by atoms with Gasteiger partial charge in [-0.1, -0.05) is 19.6 Å². The zero-order chi connectivity index (χ0) is 11.0. The Morgan fingerprint density at radius 1 is 1.21 bits per heavy atom. The minimum Gasteiger partial charge on any atom is -0.466 e. The van der Waals surface area contributed by atoms with Crippen LogP contribution in [0.1, 0.15) is 13.3 Å². The fourth-order valence-electron chi connectivity index (χ4n) is 0.869. The van der Waals surface area contributed by atoms with E-state index < -0.39 is 8.07 Å². The van der Waals surface area contributed by atoms with Crippen molar-refractivity contribution in [1.29, 1.82) is 0 Å². The van der Waals surface area contributed by atoms with Gasteiger partial charge in [-0.3, -0.25) is 4.79 Å². The zero-order valence-electron chi connectivity index (χ0n) is 9.76. The molecule has 0 aromatic carbocycles. The number of carbonyl (C=O) groups is 1. The van der Waals surface area contributed by atoms with E-state index in [1.54, 1.807) is 0 Å². The first kappa shape index (κ1) is 13.6. The molecule has 0 unspecified atom stereocenters. The smallest absolute Gasteiger partial charge is 0.308 e. The van der Waals surface area contributed by atoms with Gasteiger partial charge in [0.2, 0.25) is 0 Å². The van der Waals surface area contributed by atoms with Gasteiger partial charge in [0, 0.05) is 14.7 Å². The van der Waals surface area contributed by atoms with Crippen molar-refractivity contribution in [2.45, 2.75) is 39.0 Å². The lowest BCUT2D eigenvalue weighted by atomic mass is 10.5. The van der Waals surface area contributed by atoms with Gasteiger partial charge < -0.3 is 9.47 Å². The van der Waals surface area contributed by atoms with Gasteiger partial charge in [-0.05, 0) is 13.0 Å². The molecule has 3 nitrogen and oxygen atoms in total. The molecule has 0 radical (unpaired) electrons. The van der Waals surface area contributed by atoms with E-state index >= 15 is 0 Å². The quantitative estimate of drug-likeness (QED) is 0.374. The van der Waals surface area contributed by atoms with E-state index in [1.165, 1.54) is 0 Å². The third-order valence-electron chi connectivity index (χ3n) is 1.75. The second kappa shape index (κ2) is 7.01. The van der Waals surface area contributed by atoms with Gasteiger partial charge in [-0.25, -0.2) is 0 Å². The molecule has 0 bridgehead atoms. The normalized spacial score (nSPS) is 11.4. The van der Waals surface area contributed by atoms with Gasteiger partial charge in [0.05, 0.1) is 19.6 Å². The summed E-state index contributed by atoms with van der Waals surface area (Å²) in [6.45, 7) is 10.4. The van der Waals surface area contributed by atoms with E-state index in [1.807, 2.05) is 6.92 Å². The Morgan fingerprint density at radius 3 is 2.36 bits per heavy atom. The third kappa shape index (κ3) is 9.73. The van der Waals surface area contributed by atoms with Crippen LogP contribution in [0.4, 0.5) is 0 Å². The first-order valence-electron chi connectivity index (χ1n) is 5.19. The molecule has 0 aromatic heterocycles. The van der Waals surface area contributed by atoms with Crippen LogP contribution in [0, 0.1) is 0 Å². The predicted octanol–water partition coefficient (Wildman–Crippen LogP) is 2.29. The van der Waals surface area contributed by atoms with Crippen molar-refractivity contribution in [3.8, 4) is 0 Å². The molecule has 0 saturated carbocycles. The van der Waals surface area contributed by atoms with Gasteiger partial charge >= 0.3 is 5.97 Å². The Balaban J connectivity index is 3.26. The first-order chi connectivity index (χ1) is 6.45. The fraction of sp³-hybridized carbons (Fsp3) is 0.900. The Bertz CT molecular complexity index is 163. The Morgan fingerprint density at radius 2 is 1.86 bits per heavy atom. The summed E-state index contributed by atoms with van der Waals surface area (Å²) in [6.07, 6.45) is 0.375. The van der Waals surface area contributed by atoms with Crippen LogP contribution in [0.15, 0.2) is 0 Å². The van der Waals surface area contributed by atoms with Crippen LogP contribution in [-0.4, -0.2) is 33.9 Å². The van der Waals surface area contributed by atoms with Gasteiger partial charge in [-0.15, -0.1) is 0 Å². The number of hydrogen-bond donors (Lipinski definition) is 0. The van der Waals surface area contributed by atoms with Crippen molar-refractivity contribution >= 4 is 14.0 Å². The van der Waals surface area contributed by atoms with Crippen LogP contribution in [-0.2, 0) is 14.3 Å². The van der Waals surface area contributed by atoms with E-state index in [9.17, 15) is 4.79 Å². The monoisotopic (exact) mass is 218 g/mol. The van der Waals surface area contributed by atoms with Crippen LogP contribution < -0.4 is 0 Å². The van der Waals surface area contributed by atoms with Gasteiger partial charge in [0.25, 0.3) is 0 Å². The van der Waals surface area contributed by atoms with Gasteiger partial charge in [0.15, 0.2) is 0 Å². The summed E-state index contributed by atoms with van der Waals surface area (Å²) in [5.41, 5.74) is 0. The second-order valence-corrected chi connectivity index (χ2v) is 10.1. The Kier molecular flexibility index (Phi) is 6.83. The highest BCUT2D eigenvalue weighted by Gasteiger charge is 2.12. The molecular formula is C10H22O3Si. The van der Waals surface area contributed by atoms with E-state index in [4.69, 9.17) is 9.47 Å². The van der Waals surface area contributed by atoms with E-state index in [2.05, 4.69) is 19.6 Å². The molecule has 0 aliphatic heterocycles. The maximum absolute atomic E-state index is 10.9. The molecule has 0 atom stereocenters. The molecule has 0 amide bonds. The molecule has 0 aliphatic rings. The number of rotatable bonds is 7. The molecule has 0 aromatic rings. The van der Waals surface area contributed by atoms with Crippen molar-refractivity contribution in [3.63, 3.8) is 0 Å². The Hall–Kier alpha value is -0.353. The molecule has 0 saturated heterocycles. The first-order valence-corrected chi connectivity index (χ1v) is 8.90. The van der Waals surface area contributed by atoms with Crippen molar-refractivity contribution in [3.05, 3.63) is 0 Å². The number of ether oxygens (including phenoxy) is 2. The predicted molar refractivity (Wildman–Crippen MR) is 60.2 cm³/mol. The summed E-state index contributed by atoms with van der Waals surface area (Å²) in [7, 11) is -0.991. The van der Waals surface area contributed by atoms with E-state index in [-0.39, 0.29) is 5.97 Å². The van der Waals surface area contributed by atoms with Crippen molar-refractivity contribution in [2.24, 2.45) is 0 Å². The lowest BCUT2D eigenvalue weighted by molar-refractivity contribution is -0.144. The highest BCUT2D eigenvalue weighted by atomic mass is 28.3. The van der Waals surface area contributed by atoms with Crippen molar-refractivity contribution < 1.29 is 14.3 Å². The number of carbonyl (C=O) groups excluding carboxylic acids is 1. The summed E-state index contributed by atoms with van der Waals surface area (Å²) in [5.74, 6) is -0.166. The summed E-state index contributed by atoms with van der Waals surface area (Å²) >= 11 is 0. The van der Waals surface area contributed by atoms with Crippen molar-refractivity contribution in [2.75, 3.05) is 19.8 Å². The number of hydrogen-bond acceptors (Lipinski definition) is 3. The summed E-state index contributed by atoms with van der Waals surface area (Å²) < 4.78 is 10.1. The molecule has 0 fully saturated rings. The number of esters is 1. The lowest BCUT2D eigenvalue weighted by Gasteiger charge is -2.15. The molecular weight excluding hydrogens is 196 g/mol. The summed E-state index contributed by atoms with van der Waals surface area (Å²) in [5, 5.41) is 0. The van der Waals surface area contributed by atoms with Gasteiger partial charge in [-0.2, -0.15) is 0 Å². The molecule has 0 rings (SSSR count). The minimum absolute atomic E-state index is 0.166. The summed E-state index contributed by atoms with van der Waals surface area (Å²) in [4.78, 5) is 10.9.